The lowest BCUT2D eigenvalue weighted by molar-refractivity contribution is 0.0986. The van der Waals surface area contributed by atoms with Crippen LogP contribution in [0.15, 0.2) is 36.5 Å². The first-order chi connectivity index (χ1) is 10.2. The van der Waals surface area contributed by atoms with E-state index in [-0.39, 0.29) is 5.91 Å². The molecule has 108 valence electrons. The topological polar surface area (TPSA) is 33.2 Å². The van der Waals surface area contributed by atoms with Crippen molar-refractivity contribution in [1.82, 2.24) is 4.98 Å². The van der Waals surface area contributed by atoms with Crippen molar-refractivity contribution in [2.24, 2.45) is 0 Å². The Morgan fingerprint density at radius 3 is 2.90 bits per heavy atom. The van der Waals surface area contributed by atoms with Crippen LogP contribution in [0.1, 0.15) is 34.5 Å². The number of aromatic nitrogens is 1. The molecule has 3 nitrogen and oxygen atoms in total. The Labute approximate surface area is 129 Å². The number of hydrogen-bond acceptors (Lipinski definition) is 2. The predicted octanol–water partition coefficient (Wildman–Crippen LogP) is 4.03. The van der Waals surface area contributed by atoms with Crippen LogP contribution in [0.4, 0.5) is 5.69 Å². The van der Waals surface area contributed by atoms with E-state index in [9.17, 15) is 4.79 Å². The molecule has 1 aliphatic heterocycles. The minimum atomic E-state index is -0.0677. The van der Waals surface area contributed by atoms with Crippen LogP contribution < -0.4 is 4.90 Å². The third-order valence-electron chi connectivity index (χ3n) is 3.83. The van der Waals surface area contributed by atoms with E-state index in [2.05, 4.69) is 11.1 Å². The fourth-order valence-electron chi connectivity index (χ4n) is 2.73. The summed E-state index contributed by atoms with van der Waals surface area (Å²) >= 11 is 6.22. The highest BCUT2D eigenvalue weighted by Crippen LogP contribution is 2.28. The van der Waals surface area contributed by atoms with Crippen molar-refractivity contribution in [3.8, 4) is 0 Å². The second-order valence-electron chi connectivity index (χ2n) is 5.35. The molecule has 3 rings (SSSR count). The molecule has 0 N–H and O–H groups in total. The Kier molecular flexibility index (Phi) is 3.93. The number of rotatable bonds is 1. The third kappa shape index (κ3) is 2.79. The summed E-state index contributed by atoms with van der Waals surface area (Å²) in [5.74, 6) is -0.0677. The van der Waals surface area contributed by atoms with Crippen molar-refractivity contribution in [3.63, 3.8) is 0 Å². The maximum atomic E-state index is 12.8. The van der Waals surface area contributed by atoms with Crippen molar-refractivity contribution in [2.45, 2.75) is 26.2 Å². The van der Waals surface area contributed by atoms with Crippen LogP contribution in [0.5, 0.6) is 0 Å². The van der Waals surface area contributed by atoms with Crippen molar-refractivity contribution in [2.75, 3.05) is 11.4 Å². The van der Waals surface area contributed by atoms with Gasteiger partial charge >= 0.3 is 0 Å². The maximum absolute atomic E-state index is 12.8. The zero-order chi connectivity index (χ0) is 14.8. The van der Waals surface area contributed by atoms with Crippen molar-refractivity contribution >= 4 is 23.2 Å². The molecule has 0 saturated heterocycles. The number of pyridine rings is 1. The van der Waals surface area contributed by atoms with Gasteiger partial charge in [-0.15, -0.1) is 0 Å². The Bertz CT molecular complexity index is 684. The number of aryl methyl sites for hydroxylation is 2. The van der Waals surface area contributed by atoms with Crippen LogP contribution in [-0.2, 0) is 6.42 Å². The van der Waals surface area contributed by atoms with Gasteiger partial charge in [-0.05, 0) is 43.9 Å². The standard InChI is InChI=1S/C17H17ClN2O/c1-12-10-15(18)14(11-19-12)17(21)20-9-5-4-7-13-6-2-3-8-16(13)20/h2-3,6,8,10-11H,4-5,7,9H2,1H3. The molecule has 0 radical (unpaired) electrons. The summed E-state index contributed by atoms with van der Waals surface area (Å²) in [4.78, 5) is 18.9. The summed E-state index contributed by atoms with van der Waals surface area (Å²) in [5.41, 5.74) is 3.50. The largest absolute Gasteiger partial charge is 0.308 e. The molecule has 0 bridgehead atoms. The zero-order valence-electron chi connectivity index (χ0n) is 12.0. The zero-order valence-corrected chi connectivity index (χ0v) is 12.7. The predicted molar refractivity (Wildman–Crippen MR) is 85.0 cm³/mol. The SMILES string of the molecule is Cc1cc(Cl)c(C(=O)N2CCCCc3ccccc32)cn1. The van der Waals surface area contributed by atoms with Crippen molar-refractivity contribution in [3.05, 3.63) is 58.4 Å². The highest BCUT2D eigenvalue weighted by atomic mass is 35.5. The Morgan fingerprint density at radius 2 is 2.10 bits per heavy atom. The minimum absolute atomic E-state index is 0.0677. The number of halogens is 1. The van der Waals surface area contributed by atoms with E-state index in [1.165, 1.54) is 5.56 Å². The van der Waals surface area contributed by atoms with Gasteiger partial charge in [-0.25, -0.2) is 0 Å². The first-order valence-corrected chi connectivity index (χ1v) is 7.56. The average Bonchev–Trinajstić information content (AvgIpc) is 2.69. The van der Waals surface area contributed by atoms with Crippen molar-refractivity contribution < 1.29 is 4.79 Å². The quantitative estimate of drug-likeness (QED) is 0.797. The van der Waals surface area contributed by atoms with E-state index in [1.807, 2.05) is 30.0 Å². The average molecular weight is 301 g/mol. The number of benzene rings is 1. The molecule has 1 aromatic heterocycles. The summed E-state index contributed by atoms with van der Waals surface area (Å²) in [6.07, 6.45) is 4.69. The lowest BCUT2D eigenvalue weighted by atomic mass is 10.1. The van der Waals surface area contributed by atoms with Crippen LogP contribution in [-0.4, -0.2) is 17.4 Å². The van der Waals surface area contributed by atoms with E-state index >= 15 is 0 Å². The van der Waals surface area contributed by atoms with Gasteiger partial charge in [-0.1, -0.05) is 29.8 Å². The second kappa shape index (κ2) is 5.86. The molecule has 2 heterocycles. The van der Waals surface area contributed by atoms with E-state index in [0.29, 0.717) is 10.6 Å². The highest BCUT2D eigenvalue weighted by Gasteiger charge is 2.23. The smallest absolute Gasteiger partial charge is 0.261 e. The Balaban J connectivity index is 2.01. The van der Waals surface area contributed by atoms with Crippen LogP contribution in [0.2, 0.25) is 5.02 Å². The van der Waals surface area contributed by atoms with E-state index in [1.54, 1.807) is 12.3 Å². The summed E-state index contributed by atoms with van der Waals surface area (Å²) in [6, 6.07) is 9.83. The van der Waals surface area contributed by atoms with Crippen molar-refractivity contribution in [1.29, 1.82) is 0 Å². The molecule has 1 amide bonds. The van der Waals surface area contributed by atoms with Gasteiger partial charge in [0, 0.05) is 24.1 Å². The molecular weight excluding hydrogens is 284 g/mol. The minimum Gasteiger partial charge on any atom is -0.308 e. The molecule has 0 spiro atoms. The molecule has 21 heavy (non-hydrogen) atoms. The van der Waals surface area contributed by atoms with Crippen LogP contribution in [0.3, 0.4) is 0 Å². The normalized spacial score (nSPS) is 14.5. The maximum Gasteiger partial charge on any atom is 0.261 e. The van der Waals surface area contributed by atoms with Gasteiger partial charge in [0.2, 0.25) is 0 Å². The summed E-state index contributed by atoms with van der Waals surface area (Å²) in [5, 5.41) is 0.467. The number of para-hydroxylation sites is 1. The lowest BCUT2D eigenvalue weighted by Crippen LogP contribution is -2.32. The van der Waals surface area contributed by atoms with E-state index in [0.717, 1.165) is 37.2 Å². The number of carbonyl (C=O) groups is 1. The van der Waals surface area contributed by atoms with Gasteiger partial charge in [0.15, 0.2) is 0 Å². The molecule has 2 aromatic rings. The molecule has 0 saturated carbocycles. The molecule has 1 aliphatic rings. The summed E-state index contributed by atoms with van der Waals surface area (Å²) < 4.78 is 0. The van der Waals surface area contributed by atoms with Crippen LogP contribution in [0.25, 0.3) is 0 Å². The van der Waals surface area contributed by atoms with Crippen LogP contribution >= 0.6 is 11.6 Å². The molecule has 0 fully saturated rings. The Morgan fingerprint density at radius 1 is 1.29 bits per heavy atom. The van der Waals surface area contributed by atoms with E-state index < -0.39 is 0 Å². The second-order valence-corrected chi connectivity index (χ2v) is 5.76. The van der Waals surface area contributed by atoms with Crippen LogP contribution in [0, 0.1) is 6.92 Å². The molecule has 0 atom stereocenters. The lowest BCUT2D eigenvalue weighted by Gasteiger charge is -2.23. The number of amides is 1. The van der Waals surface area contributed by atoms with Gasteiger partial charge in [0.05, 0.1) is 10.6 Å². The summed E-state index contributed by atoms with van der Waals surface area (Å²) in [6.45, 7) is 2.58. The van der Waals surface area contributed by atoms with Gasteiger partial charge < -0.3 is 4.90 Å². The molecule has 4 heteroatoms. The summed E-state index contributed by atoms with van der Waals surface area (Å²) in [7, 11) is 0. The number of hydrogen-bond donors (Lipinski definition) is 0. The van der Waals surface area contributed by atoms with E-state index in [4.69, 9.17) is 11.6 Å². The van der Waals surface area contributed by atoms with Gasteiger partial charge in [0.1, 0.15) is 0 Å². The van der Waals surface area contributed by atoms with Gasteiger partial charge in [0.25, 0.3) is 5.91 Å². The fraction of sp³-hybridized carbons (Fsp3) is 0.294. The molecule has 1 aromatic carbocycles. The first kappa shape index (κ1) is 14.1. The molecule has 0 unspecified atom stereocenters. The fourth-order valence-corrected chi connectivity index (χ4v) is 3.02. The van der Waals surface area contributed by atoms with Gasteiger partial charge in [-0.2, -0.15) is 0 Å². The molecular formula is C17H17ClN2O. The number of anilines is 1. The third-order valence-corrected chi connectivity index (χ3v) is 4.14. The Hall–Kier alpha value is -1.87. The molecule has 0 aliphatic carbocycles. The highest BCUT2D eigenvalue weighted by molar-refractivity contribution is 6.34. The first-order valence-electron chi connectivity index (χ1n) is 7.19. The van der Waals surface area contributed by atoms with Gasteiger partial charge in [-0.3, -0.25) is 9.78 Å². The number of fused-ring (bicyclic) bond motifs is 1. The number of carbonyl (C=O) groups excluding carboxylic acids is 1. The monoisotopic (exact) mass is 300 g/mol. The number of nitrogens with zero attached hydrogens (tertiary/aromatic N) is 2.